The summed E-state index contributed by atoms with van der Waals surface area (Å²) in [4.78, 5) is 17.9. The summed E-state index contributed by atoms with van der Waals surface area (Å²) in [6, 6.07) is 4.82. The average Bonchev–Trinajstić information content (AvgIpc) is 2.80. The second kappa shape index (κ2) is 4.87. The average molecular weight is 284 g/mol. The van der Waals surface area contributed by atoms with E-state index in [1.807, 2.05) is 0 Å². The van der Waals surface area contributed by atoms with Gasteiger partial charge in [-0.25, -0.2) is 0 Å². The summed E-state index contributed by atoms with van der Waals surface area (Å²) in [5.41, 5.74) is 4.72. The van der Waals surface area contributed by atoms with E-state index in [2.05, 4.69) is 15.3 Å². The molecule has 0 aliphatic rings. The Morgan fingerprint density at radius 2 is 2.10 bits per heavy atom. The SMILES string of the molecule is CN=C(N)NC(=O)c1cc2c(C(F)(F)F)cccc2[nH]1. The number of aromatic amines is 1. The lowest BCUT2D eigenvalue weighted by molar-refractivity contribution is -0.136. The number of fused-ring (bicyclic) bond motifs is 1. The van der Waals surface area contributed by atoms with Gasteiger partial charge in [0.15, 0.2) is 5.96 Å². The van der Waals surface area contributed by atoms with Crippen LogP contribution >= 0.6 is 0 Å². The van der Waals surface area contributed by atoms with Crippen LogP contribution in [-0.2, 0) is 6.18 Å². The number of carbonyl (C=O) groups excluding carboxylic acids is 1. The Morgan fingerprint density at radius 3 is 2.70 bits per heavy atom. The summed E-state index contributed by atoms with van der Waals surface area (Å²) in [6.45, 7) is 0. The van der Waals surface area contributed by atoms with Gasteiger partial charge in [0.05, 0.1) is 5.56 Å². The van der Waals surface area contributed by atoms with E-state index >= 15 is 0 Å². The van der Waals surface area contributed by atoms with Crippen molar-refractivity contribution < 1.29 is 18.0 Å². The maximum Gasteiger partial charge on any atom is 0.417 e. The number of alkyl halides is 3. The van der Waals surface area contributed by atoms with E-state index < -0.39 is 17.6 Å². The monoisotopic (exact) mass is 284 g/mol. The van der Waals surface area contributed by atoms with E-state index in [1.165, 1.54) is 19.2 Å². The Bertz CT molecular complexity index is 688. The van der Waals surface area contributed by atoms with Crippen molar-refractivity contribution in [3.63, 3.8) is 0 Å². The molecular formula is C12H11F3N4O. The van der Waals surface area contributed by atoms with E-state index in [0.29, 0.717) is 0 Å². The van der Waals surface area contributed by atoms with Gasteiger partial charge in [0.25, 0.3) is 5.91 Å². The van der Waals surface area contributed by atoms with Crippen molar-refractivity contribution in [2.75, 3.05) is 7.05 Å². The van der Waals surface area contributed by atoms with Crippen LogP contribution < -0.4 is 11.1 Å². The van der Waals surface area contributed by atoms with Crippen molar-refractivity contribution in [2.24, 2.45) is 10.7 Å². The number of rotatable bonds is 1. The molecule has 1 aromatic heterocycles. The van der Waals surface area contributed by atoms with Gasteiger partial charge in [-0.3, -0.25) is 15.1 Å². The van der Waals surface area contributed by atoms with Crippen LogP contribution in [-0.4, -0.2) is 23.9 Å². The lowest BCUT2D eigenvalue weighted by Crippen LogP contribution is -2.36. The van der Waals surface area contributed by atoms with E-state index in [4.69, 9.17) is 5.73 Å². The molecule has 0 saturated heterocycles. The maximum atomic E-state index is 12.8. The van der Waals surface area contributed by atoms with Gasteiger partial charge in [0, 0.05) is 18.0 Å². The van der Waals surface area contributed by atoms with E-state index in [9.17, 15) is 18.0 Å². The molecule has 8 heteroatoms. The standard InChI is InChI=1S/C12H11F3N4O/c1-17-11(16)19-10(20)9-5-6-7(12(13,14)15)3-2-4-8(6)18-9/h2-5,18H,1H3,(H3,16,17,19,20). The molecule has 0 aliphatic carbocycles. The molecular weight excluding hydrogens is 273 g/mol. The van der Waals surface area contributed by atoms with Crippen LogP contribution in [0.3, 0.4) is 0 Å². The van der Waals surface area contributed by atoms with Gasteiger partial charge in [-0.2, -0.15) is 13.2 Å². The molecule has 2 aromatic rings. The van der Waals surface area contributed by atoms with Crippen LogP contribution in [0.15, 0.2) is 29.3 Å². The zero-order valence-electron chi connectivity index (χ0n) is 10.4. The summed E-state index contributed by atoms with van der Waals surface area (Å²) >= 11 is 0. The molecule has 1 heterocycles. The zero-order valence-corrected chi connectivity index (χ0v) is 10.4. The van der Waals surface area contributed by atoms with Crippen LogP contribution in [0.1, 0.15) is 16.1 Å². The highest BCUT2D eigenvalue weighted by atomic mass is 19.4. The number of halogens is 3. The molecule has 1 aromatic carbocycles. The number of benzene rings is 1. The largest absolute Gasteiger partial charge is 0.417 e. The van der Waals surface area contributed by atoms with Crippen molar-refractivity contribution in [1.29, 1.82) is 0 Å². The molecule has 2 rings (SSSR count). The van der Waals surface area contributed by atoms with Gasteiger partial charge in [-0.05, 0) is 18.2 Å². The molecule has 0 aliphatic heterocycles. The van der Waals surface area contributed by atoms with Crippen LogP contribution in [0, 0.1) is 0 Å². The number of aromatic nitrogens is 1. The van der Waals surface area contributed by atoms with Crippen LogP contribution in [0.2, 0.25) is 0 Å². The first kappa shape index (κ1) is 13.9. The fourth-order valence-corrected chi connectivity index (χ4v) is 1.76. The number of carbonyl (C=O) groups is 1. The van der Waals surface area contributed by atoms with Crippen molar-refractivity contribution in [3.05, 3.63) is 35.5 Å². The molecule has 5 nitrogen and oxygen atoms in total. The Labute approximate surface area is 111 Å². The third kappa shape index (κ3) is 2.58. The van der Waals surface area contributed by atoms with Gasteiger partial charge in [-0.15, -0.1) is 0 Å². The second-order valence-electron chi connectivity index (χ2n) is 4.01. The molecule has 4 N–H and O–H groups in total. The van der Waals surface area contributed by atoms with Crippen LogP contribution in [0.5, 0.6) is 0 Å². The van der Waals surface area contributed by atoms with Gasteiger partial charge < -0.3 is 10.7 Å². The third-order valence-corrected chi connectivity index (χ3v) is 2.70. The van der Waals surface area contributed by atoms with E-state index in [1.54, 1.807) is 0 Å². The first-order valence-electron chi connectivity index (χ1n) is 5.55. The number of hydrogen-bond acceptors (Lipinski definition) is 2. The Hall–Kier alpha value is -2.51. The zero-order chi connectivity index (χ0) is 14.9. The fourth-order valence-electron chi connectivity index (χ4n) is 1.76. The molecule has 0 bridgehead atoms. The first-order valence-corrected chi connectivity index (χ1v) is 5.55. The van der Waals surface area contributed by atoms with Gasteiger partial charge >= 0.3 is 6.18 Å². The van der Waals surface area contributed by atoms with E-state index in [0.717, 1.165) is 12.1 Å². The molecule has 0 atom stereocenters. The number of hydrogen-bond donors (Lipinski definition) is 3. The molecule has 0 saturated carbocycles. The van der Waals surface area contributed by atoms with Gasteiger partial charge in [0.1, 0.15) is 5.69 Å². The highest BCUT2D eigenvalue weighted by Gasteiger charge is 2.33. The minimum Gasteiger partial charge on any atom is -0.370 e. The van der Waals surface area contributed by atoms with E-state index in [-0.39, 0.29) is 22.6 Å². The Morgan fingerprint density at radius 1 is 1.40 bits per heavy atom. The molecule has 106 valence electrons. The predicted molar refractivity (Wildman–Crippen MR) is 68.3 cm³/mol. The molecule has 0 spiro atoms. The number of amides is 1. The van der Waals surface area contributed by atoms with Crippen molar-refractivity contribution in [1.82, 2.24) is 10.3 Å². The summed E-state index contributed by atoms with van der Waals surface area (Å²) in [6.07, 6.45) is -4.49. The minimum absolute atomic E-state index is 0.0247. The first-order chi connectivity index (χ1) is 9.32. The predicted octanol–water partition coefficient (Wildman–Crippen LogP) is 1.86. The summed E-state index contributed by atoms with van der Waals surface area (Å²) in [5.74, 6) is -0.776. The highest BCUT2D eigenvalue weighted by molar-refractivity contribution is 6.06. The maximum absolute atomic E-state index is 12.8. The molecule has 20 heavy (non-hydrogen) atoms. The van der Waals surface area contributed by atoms with Crippen molar-refractivity contribution >= 4 is 22.8 Å². The Balaban J connectivity index is 2.47. The number of aliphatic imine (C=N–C) groups is 1. The second-order valence-corrected chi connectivity index (χ2v) is 4.01. The molecule has 0 unspecified atom stereocenters. The number of guanidine groups is 1. The number of nitrogens with zero attached hydrogens (tertiary/aromatic N) is 1. The molecule has 0 radical (unpaired) electrons. The van der Waals surface area contributed by atoms with Crippen molar-refractivity contribution in [2.45, 2.75) is 6.18 Å². The minimum atomic E-state index is -4.49. The highest BCUT2D eigenvalue weighted by Crippen LogP contribution is 2.34. The number of nitrogens with two attached hydrogens (primary N) is 1. The normalized spacial score (nSPS) is 12.7. The number of nitrogens with one attached hydrogen (secondary N) is 2. The topological polar surface area (TPSA) is 83.3 Å². The van der Waals surface area contributed by atoms with Crippen LogP contribution in [0.25, 0.3) is 10.9 Å². The lowest BCUT2D eigenvalue weighted by Gasteiger charge is -2.06. The quantitative estimate of drug-likeness (QED) is 0.551. The van der Waals surface area contributed by atoms with Crippen LogP contribution in [0.4, 0.5) is 13.2 Å². The molecule has 1 amide bonds. The molecule has 0 fully saturated rings. The van der Waals surface area contributed by atoms with Crippen molar-refractivity contribution in [3.8, 4) is 0 Å². The lowest BCUT2D eigenvalue weighted by atomic mass is 10.1. The summed E-state index contributed by atoms with van der Waals surface area (Å²) < 4.78 is 38.5. The van der Waals surface area contributed by atoms with Gasteiger partial charge in [-0.1, -0.05) is 6.07 Å². The van der Waals surface area contributed by atoms with Gasteiger partial charge in [0.2, 0.25) is 0 Å². The number of H-pyrrole nitrogens is 1. The summed E-state index contributed by atoms with van der Waals surface area (Å²) in [7, 11) is 1.38. The third-order valence-electron chi connectivity index (χ3n) is 2.70. The summed E-state index contributed by atoms with van der Waals surface area (Å²) in [5, 5.41) is 2.17. The Kier molecular flexibility index (Phi) is 3.39. The smallest absolute Gasteiger partial charge is 0.370 e. The fraction of sp³-hybridized carbons (Fsp3) is 0.167.